The van der Waals surface area contributed by atoms with Crippen LogP contribution in [0.4, 0.5) is 11.4 Å². The van der Waals surface area contributed by atoms with Crippen molar-refractivity contribution in [2.75, 3.05) is 30.1 Å². The number of benzene rings is 1. The van der Waals surface area contributed by atoms with E-state index in [0.717, 1.165) is 18.7 Å². The Morgan fingerprint density at radius 3 is 2.79 bits per heavy atom. The van der Waals surface area contributed by atoms with Gasteiger partial charge < -0.3 is 15.1 Å². The van der Waals surface area contributed by atoms with E-state index in [1.807, 2.05) is 6.20 Å². The van der Waals surface area contributed by atoms with Gasteiger partial charge in [0.2, 0.25) is 0 Å². The van der Waals surface area contributed by atoms with Crippen molar-refractivity contribution in [3.8, 4) is 0 Å². The maximum absolute atomic E-state index is 5.60. The van der Waals surface area contributed by atoms with Gasteiger partial charge >= 0.3 is 0 Å². The van der Waals surface area contributed by atoms with E-state index in [9.17, 15) is 0 Å². The first-order valence-corrected chi connectivity index (χ1v) is 9.33. The summed E-state index contributed by atoms with van der Waals surface area (Å²) in [5.41, 5.74) is 8.62. The molecule has 0 fully saturated rings. The molecule has 2 aliphatic heterocycles. The van der Waals surface area contributed by atoms with Crippen LogP contribution in [0.1, 0.15) is 50.2 Å². The maximum Gasteiger partial charge on any atom is 0.139 e. The standard InChI is InChI=1S/C19H28N4O/c1-3-8-22(9-4-2)15-11-14-13-20-17-5-6-18(16(12-15)19(14)17)23-21-7-10-24-23/h5-7,10,14-15,20-21H,3-4,8-9,11-13H2,1-2H3. The predicted octanol–water partition coefficient (Wildman–Crippen LogP) is 3.36. The van der Waals surface area contributed by atoms with Gasteiger partial charge in [0, 0.05) is 24.2 Å². The number of hydrogen-bond donors (Lipinski definition) is 2. The van der Waals surface area contributed by atoms with Gasteiger partial charge in [0.1, 0.15) is 11.9 Å². The minimum atomic E-state index is 0.625. The highest BCUT2D eigenvalue weighted by atomic mass is 16.7. The molecule has 1 aromatic carbocycles. The van der Waals surface area contributed by atoms with E-state index in [1.54, 1.807) is 11.4 Å². The van der Waals surface area contributed by atoms with Gasteiger partial charge in [0.25, 0.3) is 0 Å². The molecule has 4 rings (SSSR count). The number of nitrogens with one attached hydrogen (secondary N) is 2. The minimum absolute atomic E-state index is 0.625. The molecule has 130 valence electrons. The summed E-state index contributed by atoms with van der Waals surface area (Å²) in [6, 6.07) is 5.01. The number of anilines is 2. The van der Waals surface area contributed by atoms with Crippen molar-refractivity contribution in [2.24, 2.45) is 0 Å². The Morgan fingerprint density at radius 2 is 2.08 bits per heavy atom. The summed E-state index contributed by atoms with van der Waals surface area (Å²) in [6.07, 6.45) is 8.34. The molecule has 2 atom stereocenters. The second kappa shape index (κ2) is 6.55. The summed E-state index contributed by atoms with van der Waals surface area (Å²) < 4.78 is 0. The van der Waals surface area contributed by atoms with E-state index in [2.05, 4.69) is 41.6 Å². The molecule has 2 N–H and O–H groups in total. The lowest BCUT2D eigenvalue weighted by molar-refractivity contribution is 0.171. The average Bonchev–Trinajstić information content (AvgIpc) is 3.26. The quantitative estimate of drug-likeness (QED) is 0.838. The van der Waals surface area contributed by atoms with Crippen LogP contribution in [0.25, 0.3) is 0 Å². The fourth-order valence-corrected chi connectivity index (χ4v) is 4.54. The van der Waals surface area contributed by atoms with Crippen molar-refractivity contribution < 1.29 is 4.84 Å². The Hall–Kier alpha value is -1.88. The van der Waals surface area contributed by atoms with Gasteiger partial charge in [-0.3, -0.25) is 5.43 Å². The molecule has 1 aromatic rings. The molecule has 0 saturated carbocycles. The summed E-state index contributed by atoms with van der Waals surface area (Å²) in [7, 11) is 0. The van der Waals surface area contributed by atoms with Gasteiger partial charge in [-0.05, 0) is 62.0 Å². The van der Waals surface area contributed by atoms with Crippen molar-refractivity contribution in [3.05, 3.63) is 35.7 Å². The van der Waals surface area contributed by atoms with Gasteiger partial charge in [-0.15, -0.1) is 5.17 Å². The highest BCUT2D eigenvalue weighted by molar-refractivity contribution is 5.70. The summed E-state index contributed by atoms with van der Waals surface area (Å²) in [5, 5.41) is 5.40. The summed E-state index contributed by atoms with van der Waals surface area (Å²) in [4.78, 5) is 8.30. The number of hydrazine groups is 1. The third-order valence-electron chi connectivity index (χ3n) is 5.46. The first kappa shape index (κ1) is 15.6. The molecule has 0 spiro atoms. The van der Waals surface area contributed by atoms with Crippen molar-refractivity contribution in [2.45, 2.75) is 51.5 Å². The lowest BCUT2D eigenvalue weighted by Crippen LogP contribution is -2.42. The van der Waals surface area contributed by atoms with E-state index in [4.69, 9.17) is 4.84 Å². The Morgan fingerprint density at radius 1 is 1.25 bits per heavy atom. The molecule has 5 heteroatoms. The van der Waals surface area contributed by atoms with Crippen LogP contribution in [0.5, 0.6) is 0 Å². The number of nitrogens with zero attached hydrogens (tertiary/aromatic N) is 2. The van der Waals surface area contributed by atoms with Crippen LogP contribution >= 0.6 is 0 Å². The van der Waals surface area contributed by atoms with Gasteiger partial charge in [-0.1, -0.05) is 13.8 Å². The molecule has 0 saturated heterocycles. The fourth-order valence-electron chi connectivity index (χ4n) is 4.54. The van der Waals surface area contributed by atoms with E-state index < -0.39 is 0 Å². The van der Waals surface area contributed by atoms with Crippen molar-refractivity contribution in [3.63, 3.8) is 0 Å². The predicted molar refractivity (Wildman–Crippen MR) is 97.8 cm³/mol. The normalized spacial score (nSPS) is 23.9. The molecule has 0 amide bonds. The fraction of sp³-hybridized carbons (Fsp3) is 0.579. The van der Waals surface area contributed by atoms with Crippen molar-refractivity contribution >= 4 is 11.4 Å². The van der Waals surface area contributed by atoms with Gasteiger partial charge in [-0.25, -0.2) is 0 Å². The zero-order valence-corrected chi connectivity index (χ0v) is 14.7. The molecule has 0 bridgehead atoms. The second-order valence-electron chi connectivity index (χ2n) is 7.06. The summed E-state index contributed by atoms with van der Waals surface area (Å²) >= 11 is 0. The average molecular weight is 328 g/mol. The van der Waals surface area contributed by atoms with E-state index in [1.165, 1.54) is 49.2 Å². The van der Waals surface area contributed by atoms with Gasteiger partial charge in [0.15, 0.2) is 0 Å². The Labute approximate surface area is 144 Å². The molecule has 3 aliphatic rings. The van der Waals surface area contributed by atoms with Crippen LogP contribution in [-0.2, 0) is 11.3 Å². The lowest BCUT2D eigenvalue weighted by atomic mass is 9.79. The van der Waals surface area contributed by atoms with Crippen LogP contribution in [-0.4, -0.2) is 30.6 Å². The first-order chi connectivity index (χ1) is 11.8. The zero-order chi connectivity index (χ0) is 16.5. The topological polar surface area (TPSA) is 39.8 Å². The number of rotatable bonds is 6. The number of hydrogen-bond acceptors (Lipinski definition) is 5. The van der Waals surface area contributed by atoms with Gasteiger partial charge in [0.05, 0.1) is 6.20 Å². The highest BCUT2D eigenvalue weighted by Crippen LogP contribution is 2.46. The summed E-state index contributed by atoms with van der Waals surface area (Å²) in [6.45, 7) is 8.04. The molecular weight excluding hydrogens is 300 g/mol. The SMILES string of the molecule is CCCN(CCC)C1Cc2c(N3NC=CO3)ccc3c2C(CN3)C1. The Balaban J connectivity index is 1.67. The van der Waals surface area contributed by atoms with Crippen LogP contribution in [0.2, 0.25) is 0 Å². The van der Waals surface area contributed by atoms with E-state index >= 15 is 0 Å². The molecule has 0 radical (unpaired) electrons. The molecule has 5 nitrogen and oxygen atoms in total. The molecule has 2 unspecified atom stereocenters. The second-order valence-corrected chi connectivity index (χ2v) is 7.06. The van der Waals surface area contributed by atoms with Crippen LogP contribution < -0.4 is 15.9 Å². The monoisotopic (exact) mass is 328 g/mol. The Kier molecular flexibility index (Phi) is 4.27. The minimum Gasteiger partial charge on any atom is -0.384 e. The maximum atomic E-state index is 5.60. The van der Waals surface area contributed by atoms with Crippen molar-refractivity contribution in [1.29, 1.82) is 0 Å². The van der Waals surface area contributed by atoms with Crippen LogP contribution in [0, 0.1) is 0 Å². The highest BCUT2D eigenvalue weighted by Gasteiger charge is 2.37. The van der Waals surface area contributed by atoms with Gasteiger partial charge in [-0.2, -0.15) is 0 Å². The smallest absolute Gasteiger partial charge is 0.139 e. The molecule has 2 heterocycles. The lowest BCUT2D eigenvalue weighted by Gasteiger charge is -2.38. The van der Waals surface area contributed by atoms with Crippen molar-refractivity contribution in [1.82, 2.24) is 10.3 Å². The molecule has 0 aromatic heterocycles. The summed E-state index contributed by atoms with van der Waals surface area (Å²) in [5.74, 6) is 0.625. The molecule has 1 aliphatic carbocycles. The third kappa shape index (κ3) is 2.61. The van der Waals surface area contributed by atoms with E-state index in [0.29, 0.717) is 12.0 Å². The van der Waals surface area contributed by atoms with E-state index in [-0.39, 0.29) is 0 Å². The largest absolute Gasteiger partial charge is 0.384 e. The molecule has 24 heavy (non-hydrogen) atoms. The van der Waals surface area contributed by atoms with Crippen LogP contribution in [0.3, 0.4) is 0 Å². The third-order valence-corrected chi connectivity index (χ3v) is 5.46. The first-order valence-electron chi connectivity index (χ1n) is 9.33. The Bertz CT molecular complexity index is 616. The zero-order valence-electron chi connectivity index (χ0n) is 14.7. The van der Waals surface area contributed by atoms with Crippen LogP contribution in [0.15, 0.2) is 24.6 Å². The molecular formula is C19H28N4O.